The molecule has 0 amide bonds. The first-order chi connectivity index (χ1) is 13.7. The van der Waals surface area contributed by atoms with Gasteiger partial charge in [0.05, 0.1) is 22.7 Å². The predicted octanol–water partition coefficient (Wildman–Crippen LogP) is 4.40. The fourth-order valence-corrected chi connectivity index (χ4v) is 2.99. The number of ether oxygens (including phenoxy) is 1. The van der Waals surface area contributed by atoms with Crippen molar-refractivity contribution in [2.45, 2.75) is 25.7 Å². The van der Waals surface area contributed by atoms with E-state index in [-0.39, 0.29) is 17.6 Å². The smallest absolute Gasteiger partial charge is 0.417 e. The van der Waals surface area contributed by atoms with E-state index in [1.54, 1.807) is 10.8 Å². The first-order valence-corrected chi connectivity index (χ1v) is 8.53. The Morgan fingerprint density at radius 3 is 2.72 bits per heavy atom. The average molecular weight is 405 g/mol. The van der Waals surface area contributed by atoms with Crippen molar-refractivity contribution in [2.24, 2.45) is 0 Å². The van der Waals surface area contributed by atoms with Crippen molar-refractivity contribution in [3.63, 3.8) is 0 Å². The minimum Gasteiger partial charge on any atom is -0.460 e. The molecule has 1 aliphatic heterocycles. The maximum atomic E-state index is 12.7. The summed E-state index contributed by atoms with van der Waals surface area (Å²) in [6.07, 6.45) is -2.08. The van der Waals surface area contributed by atoms with Crippen LogP contribution in [0.1, 0.15) is 12.5 Å². The molecule has 1 unspecified atom stereocenters. The summed E-state index contributed by atoms with van der Waals surface area (Å²) in [5, 5.41) is 14.1. The standard InChI is InChI=1S/C18H14F3N5O3/c1-10-8-25-9-15(24-17(25)29-10)13-6-12(26(27)28)3-4-14(13)23-16-5-2-11(7-22-16)18(19,20)21/h2-7,9-10H,8H2,1H3,(H,22,23). The maximum Gasteiger partial charge on any atom is 0.417 e. The third-order valence-corrected chi connectivity index (χ3v) is 4.34. The molecule has 3 aromatic rings. The zero-order valence-corrected chi connectivity index (χ0v) is 15.0. The van der Waals surface area contributed by atoms with Crippen LogP contribution < -0.4 is 10.1 Å². The highest BCUT2D eigenvalue weighted by atomic mass is 19.4. The minimum atomic E-state index is -4.49. The lowest BCUT2D eigenvalue weighted by atomic mass is 10.1. The lowest BCUT2D eigenvalue weighted by Crippen LogP contribution is -2.08. The van der Waals surface area contributed by atoms with Gasteiger partial charge >= 0.3 is 6.18 Å². The first kappa shape index (κ1) is 18.7. The van der Waals surface area contributed by atoms with E-state index < -0.39 is 16.7 Å². The molecule has 0 saturated carbocycles. The van der Waals surface area contributed by atoms with Crippen LogP contribution in [0.2, 0.25) is 0 Å². The molecule has 4 rings (SSSR count). The molecule has 0 fully saturated rings. The van der Waals surface area contributed by atoms with Gasteiger partial charge in [0.1, 0.15) is 11.9 Å². The van der Waals surface area contributed by atoms with Crippen LogP contribution in [0, 0.1) is 10.1 Å². The van der Waals surface area contributed by atoms with Gasteiger partial charge in [-0.05, 0) is 25.1 Å². The Balaban J connectivity index is 1.70. The Labute approximate surface area is 162 Å². The van der Waals surface area contributed by atoms with Gasteiger partial charge in [-0.3, -0.25) is 14.7 Å². The molecule has 2 aromatic heterocycles. The normalized spacial score (nSPS) is 15.7. The van der Waals surface area contributed by atoms with Crippen molar-refractivity contribution in [1.82, 2.24) is 14.5 Å². The third-order valence-electron chi connectivity index (χ3n) is 4.34. The van der Waals surface area contributed by atoms with Crippen LogP contribution >= 0.6 is 0 Å². The number of pyridine rings is 1. The number of fused-ring (bicyclic) bond motifs is 1. The first-order valence-electron chi connectivity index (χ1n) is 8.53. The topological polar surface area (TPSA) is 95.1 Å². The molecule has 1 N–H and O–H groups in total. The molecular formula is C18H14F3N5O3. The van der Waals surface area contributed by atoms with E-state index >= 15 is 0 Å². The van der Waals surface area contributed by atoms with Gasteiger partial charge in [-0.2, -0.15) is 18.2 Å². The summed E-state index contributed by atoms with van der Waals surface area (Å²) in [6, 6.07) is 6.58. The molecule has 29 heavy (non-hydrogen) atoms. The van der Waals surface area contributed by atoms with Gasteiger partial charge in [-0.25, -0.2) is 4.98 Å². The molecule has 0 saturated heterocycles. The number of imidazole rings is 1. The number of nitrogens with zero attached hydrogens (tertiary/aromatic N) is 4. The Hall–Kier alpha value is -3.63. The molecule has 0 spiro atoms. The van der Waals surface area contributed by atoms with E-state index in [2.05, 4.69) is 15.3 Å². The molecule has 0 radical (unpaired) electrons. The van der Waals surface area contributed by atoms with Crippen LogP contribution in [0.3, 0.4) is 0 Å². The summed E-state index contributed by atoms with van der Waals surface area (Å²) in [4.78, 5) is 18.8. The fraction of sp³-hybridized carbons (Fsp3) is 0.222. The number of hydrogen-bond donors (Lipinski definition) is 1. The minimum absolute atomic E-state index is 0.0226. The number of benzene rings is 1. The number of anilines is 2. The highest BCUT2D eigenvalue weighted by Gasteiger charge is 2.30. The SMILES string of the molecule is CC1Cn2cc(-c3cc([N+](=O)[O-])ccc3Nc3ccc(C(F)(F)F)cn3)nc2O1. The predicted molar refractivity (Wildman–Crippen MR) is 96.9 cm³/mol. The number of nitrogens with one attached hydrogen (secondary N) is 1. The molecule has 1 aromatic carbocycles. The number of nitro benzene ring substituents is 1. The second-order valence-electron chi connectivity index (χ2n) is 6.53. The third kappa shape index (κ3) is 3.71. The molecule has 1 aliphatic rings. The molecule has 11 heteroatoms. The molecule has 3 heterocycles. The van der Waals surface area contributed by atoms with Crippen LogP contribution in [-0.4, -0.2) is 25.6 Å². The molecule has 1 atom stereocenters. The van der Waals surface area contributed by atoms with Gasteiger partial charge in [0, 0.05) is 35.8 Å². The van der Waals surface area contributed by atoms with Crippen LogP contribution in [0.5, 0.6) is 6.01 Å². The molecule has 0 aliphatic carbocycles. The van der Waals surface area contributed by atoms with E-state index in [4.69, 9.17) is 4.74 Å². The molecular weight excluding hydrogens is 391 g/mol. The summed E-state index contributed by atoms with van der Waals surface area (Å²) in [5.74, 6) is 0.157. The van der Waals surface area contributed by atoms with Gasteiger partial charge in [-0.15, -0.1) is 0 Å². The summed E-state index contributed by atoms with van der Waals surface area (Å²) in [7, 11) is 0. The maximum absolute atomic E-state index is 12.7. The van der Waals surface area contributed by atoms with Gasteiger partial charge in [-0.1, -0.05) is 0 Å². The van der Waals surface area contributed by atoms with E-state index in [1.807, 2.05) is 6.92 Å². The van der Waals surface area contributed by atoms with Crippen molar-refractivity contribution < 1.29 is 22.8 Å². The van der Waals surface area contributed by atoms with Crippen molar-refractivity contribution >= 4 is 17.2 Å². The Bertz CT molecular complexity index is 1060. The van der Waals surface area contributed by atoms with Crippen molar-refractivity contribution in [1.29, 1.82) is 0 Å². The van der Waals surface area contributed by atoms with Crippen LogP contribution in [-0.2, 0) is 12.7 Å². The van der Waals surface area contributed by atoms with Crippen molar-refractivity contribution in [3.05, 3.63) is 58.4 Å². The number of alkyl halides is 3. The summed E-state index contributed by atoms with van der Waals surface area (Å²) < 4.78 is 45.5. The van der Waals surface area contributed by atoms with Gasteiger partial charge in [0.25, 0.3) is 11.7 Å². The Morgan fingerprint density at radius 1 is 1.31 bits per heavy atom. The Kier molecular flexibility index (Phi) is 4.36. The quantitative estimate of drug-likeness (QED) is 0.511. The monoisotopic (exact) mass is 405 g/mol. The average Bonchev–Trinajstić information content (AvgIpc) is 3.19. The number of nitro groups is 1. The number of rotatable bonds is 4. The van der Waals surface area contributed by atoms with E-state index in [0.717, 1.165) is 6.07 Å². The zero-order valence-electron chi connectivity index (χ0n) is 15.0. The van der Waals surface area contributed by atoms with E-state index in [1.165, 1.54) is 24.3 Å². The van der Waals surface area contributed by atoms with Crippen molar-refractivity contribution in [3.8, 4) is 17.3 Å². The lowest BCUT2D eigenvalue weighted by molar-refractivity contribution is -0.384. The van der Waals surface area contributed by atoms with Crippen LogP contribution in [0.4, 0.5) is 30.4 Å². The molecule has 150 valence electrons. The molecule has 0 bridgehead atoms. The highest BCUT2D eigenvalue weighted by molar-refractivity contribution is 5.80. The zero-order chi connectivity index (χ0) is 20.8. The summed E-state index contributed by atoms with van der Waals surface area (Å²) in [5.41, 5.74) is 0.230. The van der Waals surface area contributed by atoms with E-state index in [0.29, 0.717) is 35.7 Å². The summed E-state index contributed by atoms with van der Waals surface area (Å²) >= 11 is 0. The van der Waals surface area contributed by atoms with Gasteiger partial charge in [0.15, 0.2) is 0 Å². The second-order valence-corrected chi connectivity index (χ2v) is 6.53. The largest absolute Gasteiger partial charge is 0.460 e. The number of halogens is 3. The van der Waals surface area contributed by atoms with E-state index in [9.17, 15) is 23.3 Å². The lowest BCUT2D eigenvalue weighted by Gasteiger charge is -2.12. The summed E-state index contributed by atoms with van der Waals surface area (Å²) in [6.45, 7) is 2.49. The molecule has 8 nitrogen and oxygen atoms in total. The number of hydrogen-bond acceptors (Lipinski definition) is 6. The highest BCUT2D eigenvalue weighted by Crippen LogP contribution is 2.36. The van der Waals surface area contributed by atoms with Gasteiger partial charge < -0.3 is 10.1 Å². The van der Waals surface area contributed by atoms with Crippen molar-refractivity contribution in [2.75, 3.05) is 5.32 Å². The van der Waals surface area contributed by atoms with Crippen LogP contribution in [0.15, 0.2) is 42.7 Å². The fourth-order valence-electron chi connectivity index (χ4n) is 2.99. The Morgan fingerprint density at radius 2 is 2.10 bits per heavy atom. The number of non-ortho nitro benzene ring substituents is 1. The second kappa shape index (κ2) is 6.76. The van der Waals surface area contributed by atoms with Gasteiger partial charge in [0.2, 0.25) is 0 Å². The number of aromatic nitrogens is 3. The van der Waals surface area contributed by atoms with Crippen LogP contribution in [0.25, 0.3) is 11.3 Å².